The first-order valence-corrected chi connectivity index (χ1v) is 9.44. The lowest BCUT2D eigenvalue weighted by molar-refractivity contribution is 0.0963. The molecule has 0 radical (unpaired) electrons. The third kappa shape index (κ3) is 7.13. The second kappa shape index (κ2) is 11.0. The molecule has 2 aromatic rings. The van der Waals surface area contributed by atoms with Gasteiger partial charge < -0.3 is 16.0 Å². The van der Waals surface area contributed by atoms with Gasteiger partial charge in [0.15, 0.2) is 5.96 Å². The number of hydrogen-bond acceptors (Lipinski definition) is 3. The van der Waals surface area contributed by atoms with E-state index in [2.05, 4.69) is 33.0 Å². The fraction of sp³-hybridized carbons (Fsp3) is 0.450. The van der Waals surface area contributed by atoms with E-state index in [4.69, 9.17) is 0 Å². The molecule has 146 valence electrons. The van der Waals surface area contributed by atoms with E-state index >= 15 is 0 Å². The second-order valence-corrected chi connectivity index (χ2v) is 6.35. The van der Waals surface area contributed by atoms with Gasteiger partial charge in [0.25, 0.3) is 5.91 Å². The number of nitrogens with zero attached hydrogens (tertiary/aromatic N) is 3. The first kappa shape index (κ1) is 20.5. The Labute approximate surface area is 161 Å². The van der Waals surface area contributed by atoms with Crippen molar-refractivity contribution in [2.24, 2.45) is 4.99 Å². The molecule has 0 fully saturated rings. The van der Waals surface area contributed by atoms with Crippen LogP contribution in [0.4, 0.5) is 0 Å². The number of aliphatic imine (C=N–C) groups is 1. The smallest absolute Gasteiger partial charge is 0.251 e. The van der Waals surface area contributed by atoms with E-state index in [1.807, 2.05) is 48.3 Å². The van der Waals surface area contributed by atoms with Gasteiger partial charge in [0, 0.05) is 45.0 Å². The number of carbonyl (C=O) groups is 1. The number of guanidine groups is 1. The Morgan fingerprint density at radius 1 is 1.30 bits per heavy atom. The molecule has 2 rings (SSSR count). The summed E-state index contributed by atoms with van der Waals surface area (Å²) >= 11 is 0. The van der Waals surface area contributed by atoms with E-state index in [9.17, 15) is 4.79 Å². The zero-order chi connectivity index (χ0) is 19.5. The van der Waals surface area contributed by atoms with E-state index < -0.39 is 0 Å². The van der Waals surface area contributed by atoms with Crippen molar-refractivity contribution in [1.29, 1.82) is 0 Å². The lowest BCUT2D eigenvalue weighted by Crippen LogP contribution is -2.38. The SMILES string of the molecule is CCNC(=NCCCn1cc(C)cn1)NCCc1cccc(C(=O)NC)c1. The fourth-order valence-electron chi connectivity index (χ4n) is 2.69. The van der Waals surface area contributed by atoms with E-state index in [0.717, 1.165) is 50.5 Å². The first-order chi connectivity index (χ1) is 13.1. The van der Waals surface area contributed by atoms with Crippen LogP contribution in [0.3, 0.4) is 0 Å². The number of benzene rings is 1. The van der Waals surface area contributed by atoms with Gasteiger partial charge >= 0.3 is 0 Å². The molecule has 0 atom stereocenters. The lowest BCUT2D eigenvalue weighted by atomic mass is 10.1. The van der Waals surface area contributed by atoms with Crippen LogP contribution in [0.1, 0.15) is 34.8 Å². The van der Waals surface area contributed by atoms with Crippen molar-refractivity contribution in [2.45, 2.75) is 33.2 Å². The number of carbonyl (C=O) groups excluding carboxylic acids is 1. The van der Waals surface area contributed by atoms with E-state index in [-0.39, 0.29) is 5.91 Å². The Morgan fingerprint density at radius 3 is 2.85 bits per heavy atom. The van der Waals surface area contributed by atoms with Crippen LogP contribution in [0.25, 0.3) is 0 Å². The maximum atomic E-state index is 11.7. The van der Waals surface area contributed by atoms with E-state index in [1.54, 1.807) is 7.05 Å². The molecule has 27 heavy (non-hydrogen) atoms. The fourth-order valence-corrected chi connectivity index (χ4v) is 2.69. The highest BCUT2D eigenvalue weighted by atomic mass is 16.1. The Balaban J connectivity index is 1.78. The summed E-state index contributed by atoms with van der Waals surface area (Å²) in [6, 6.07) is 7.69. The number of rotatable bonds is 9. The monoisotopic (exact) mass is 370 g/mol. The Bertz CT molecular complexity index is 752. The van der Waals surface area contributed by atoms with Gasteiger partial charge in [0.05, 0.1) is 6.20 Å². The molecule has 7 nitrogen and oxygen atoms in total. The first-order valence-electron chi connectivity index (χ1n) is 9.44. The zero-order valence-corrected chi connectivity index (χ0v) is 16.5. The van der Waals surface area contributed by atoms with E-state index in [1.165, 1.54) is 5.56 Å². The molecule has 0 saturated carbocycles. The zero-order valence-electron chi connectivity index (χ0n) is 16.5. The van der Waals surface area contributed by atoms with Gasteiger partial charge in [-0.15, -0.1) is 0 Å². The minimum Gasteiger partial charge on any atom is -0.357 e. The van der Waals surface area contributed by atoms with Crippen LogP contribution < -0.4 is 16.0 Å². The molecule has 3 N–H and O–H groups in total. The van der Waals surface area contributed by atoms with Gasteiger partial charge in [-0.2, -0.15) is 5.10 Å². The van der Waals surface area contributed by atoms with Crippen molar-refractivity contribution in [2.75, 3.05) is 26.7 Å². The van der Waals surface area contributed by atoms with Crippen LogP contribution in [0.15, 0.2) is 41.7 Å². The second-order valence-electron chi connectivity index (χ2n) is 6.35. The van der Waals surface area contributed by atoms with Crippen molar-refractivity contribution in [3.63, 3.8) is 0 Å². The summed E-state index contributed by atoms with van der Waals surface area (Å²) in [5.74, 6) is 0.753. The van der Waals surface area contributed by atoms with Crippen LogP contribution in [0.5, 0.6) is 0 Å². The molecule has 0 bridgehead atoms. The van der Waals surface area contributed by atoms with Crippen molar-refractivity contribution < 1.29 is 4.79 Å². The number of amides is 1. The minimum atomic E-state index is -0.0629. The summed E-state index contributed by atoms with van der Waals surface area (Å²) < 4.78 is 1.95. The minimum absolute atomic E-state index is 0.0629. The van der Waals surface area contributed by atoms with Crippen LogP contribution >= 0.6 is 0 Å². The molecular formula is C20H30N6O. The summed E-state index contributed by atoms with van der Waals surface area (Å²) in [7, 11) is 1.64. The molecule has 0 unspecified atom stereocenters. The van der Waals surface area contributed by atoms with Crippen LogP contribution in [-0.4, -0.2) is 48.3 Å². The van der Waals surface area contributed by atoms with Crippen molar-refractivity contribution >= 4 is 11.9 Å². The molecule has 0 saturated heterocycles. The van der Waals surface area contributed by atoms with Gasteiger partial charge in [-0.1, -0.05) is 12.1 Å². The van der Waals surface area contributed by atoms with Gasteiger partial charge in [-0.25, -0.2) is 0 Å². The summed E-state index contributed by atoms with van der Waals surface area (Å²) in [5.41, 5.74) is 2.98. The summed E-state index contributed by atoms with van der Waals surface area (Å²) in [5, 5.41) is 13.6. The van der Waals surface area contributed by atoms with Crippen LogP contribution in [0.2, 0.25) is 0 Å². The maximum absolute atomic E-state index is 11.7. The maximum Gasteiger partial charge on any atom is 0.251 e. The molecular weight excluding hydrogens is 340 g/mol. The number of nitrogens with one attached hydrogen (secondary N) is 3. The summed E-state index contributed by atoms with van der Waals surface area (Å²) in [6.45, 7) is 7.26. The van der Waals surface area contributed by atoms with E-state index in [0.29, 0.717) is 5.56 Å². The molecule has 7 heteroatoms. The quantitative estimate of drug-likeness (QED) is 0.357. The molecule has 1 aromatic heterocycles. The van der Waals surface area contributed by atoms with Crippen molar-refractivity contribution in [3.8, 4) is 0 Å². The number of aryl methyl sites for hydroxylation is 2. The average Bonchev–Trinajstić information content (AvgIpc) is 3.10. The van der Waals surface area contributed by atoms with Crippen LogP contribution in [-0.2, 0) is 13.0 Å². The third-order valence-corrected chi connectivity index (χ3v) is 4.04. The molecule has 1 aromatic carbocycles. The highest BCUT2D eigenvalue weighted by Crippen LogP contribution is 2.05. The highest BCUT2D eigenvalue weighted by molar-refractivity contribution is 5.94. The Hall–Kier alpha value is -2.83. The number of aromatic nitrogens is 2. The predicted molar refractivity (Wildman–Crippen MR) is 109 cm³/mol. The highest BCUT2D eigenvalue weighted by Gasteiger charge is 2.04. The summed E-state index contributed by atoms with van der Waals surface area (Å²) in [4.78, 5) is 16.3. The van der Waals surface area contributed by atoms with Crippen molar-refractivity contribution in [1.82, 2.24) is 25.7 Å². The van der Waals surface area contributed by atoms with Gasteiger partial charge in [-0.3, -0.25) is 14.5 Å². The molecule has 1 amide bonds. The van der Waals surface area contributed by atoms with Gasteiger partial charge in [0.2, 0.25) is 0 Å². The molecule has 0 spiro atoms. The Kier molecular flexibility index (Phi) is 8.35. The predicted octanol–water partition coefficient (Wildman–Crippen LogP) is 1.74. The van der Waals surface area contributed by atoms with Crippen LogP contribution in [0, 0.1) is 6.92 Å². The summed E-state index contributed by atoms with van der Waals surface area (Å²) in [6.07, 6.45) is 5.67. The molecule has 0 aliphatic carbocycles. The van der Waals surface area contributed by atoms with Gasteiger partial charge in [-0.05, 0) is 49.9 Å². The van der Waals surface area contributed by atoms with Crippen molar-refractivity contribution in [3.05, 3.63) is 53.3 Å². The molecule has 0 aliphatic heterocycles. The lowest BCUT2D eigenvalue weighted by Gasteiger charge is -2.11. The average molecular weight is 371 g/mol. The molecule has 0 aliphatic rings. The largest absolute Gasteiger partial charge is 0.357 e. The molecule has 1 heterocycles. The third-order valence-electron chi connectivity index (χ3n) is 4.04. The normalized spacial score (nSPS) is 11.3. The van der Waals surface area contributed by atoms with Gasteiger partial charge in [0.1, 0.15) is 0 Å². The topological polar surface area (TPSA) is 83.3 Å². The number of hydrogen-bond donors (Lipinski definition) is 3. The standard InChI is InChI=1S/C20H30N6O/c1-4-22-20(23-10-6-12-26-15-16(2)14-25-26)24-11-9-17-7-5-8-18(13-17)19(27)21-3/h5,7-8,13-15H,4,6,9-12H2,1-3H3,(H,21,27)(H2,22,23,24). The Morgan fingerprint density at radius 2 is 2.15 bits per heavy atom.